The fourth-order valence-electron chi connectivity index (χ4n) is 2.86. The number of ether oxygens (including phenoxy) is 3. The second kappa shape index (κ2) is 11.9. The Hall–Kier alpha value is -2.11. The number of nitrogens with one attached hydrogen (secondary N) is 1. The van der Waals surface area contributed by atoms with Crippen LogP contribution in [0.5, 0.6) is 17.2 Å². The summed E-state index contributed by atoms with van der Waals surface area (Å²) in [5, 5.41) is 4.59. The predicted octanol–water partition coefficient (Wildman–Crippen LogP) is 6.30. The molecule has 3 aromatic carbocycles. The summed E-state index contributed by atoms with van der Waals surface area (Å²) >= 11 is 12.4. The van der Waals surface area contributed by atoms with Crippen molar-refractivity contribution in [3.8, 4) is 17.2 Å². The maximum absolute atomic E-state index is 6.21. The lowest BCUT2D eigenvalue weighted by molar-refractivity contribution is 0.284. The van der Waals surface area contributed by atoms with Gasteiger partial charge in [0.05, 0.1) is 14.2 Å². The predicted molar refractivity (Wildman–Crippen MR) is 125 cm³/mol. The zero-order valence-electron chi connectivity index (χ0n) is 16.8. The first kappa shape index (κ1) is 24.2. The molecule has 0 heterocycles. The lowest BCUT2D eigenvalue weighted by Crippen LogP contribution is -2.12. The van der Waals surface area contributed by atoms with Crippen LogP contribution >= 0.6 is 35.6 Å². The van der Waals surface area contributed by atoms with Crippen LogP contribution in [0, 0.1) is 0 Å². The van der Waals surface area contributed by atoms with Gasteiger partial charge in [0.1, 0.15) is 12.4 Å². The summed E-state index contributed by atoms with van der Waals surface area (Å²) in [6.07, 6.45) is 0. The molecule has 0 aromatic heterocycles. The van der Waals surface area contributed by atoms with E-state index in [0.29, 0.717) is 28.1 Å². The third-order valence-electron chi connectivity index (χ3n) is 4.48. The second-order valence-electron chi connectivity index (χ2n) is 6.43. The molecule has 0 atom stereocenters. The van der Waals surface area contributed by atoms with E-state index in [0.717, 1.165) is 23.4 Å². The highest BCUT2D eigenvalue weighted by Gasteiger charge is 2.10. The van der Waals surface area contributed by atoms with Gasteiger partial charge in [0.15, 0.2) is 11.5 Å². The molecule has 0 saturated heterocycles. The topological polar surface area (TPSA) is 39.7 Å². The summed E-state index contributed by atoms with van der Waals surface area (Å²) in [5.74, 6) is 2.16. The maximum atomic E-state index is 6.21. The van der Waals surface area contributed by atoms with Gasteiger partial charge in [-0.2, -0.15) is 0 Å². The Labute approximate surface area is 193 Å². The molecule has 7 heteroatoms. The quantitative estimate of drug-likeness (QED) is 0.400. The number of benzene rings is 3. The molecular weight excluding hydrogens is 445 g/mol. The van der Waals surface area contributed by atoms with Crippen molar-refractivity contribution in [2.45, 2.75) is 19.7 Å². The van der Waals surface area contributed by atoms with E-state index in [1.54, 1.807) is 26.4 Å². The summed E-state index contributed by atoms with van der Waals surface area (Å²) in [7, 11) is 3.29. The van der Waals surface area contributed by atoms with Gasteiger partial charge >= 0.3 is 0 Å². The van der Waals surface area contributed by atoms with Crippen molar-refractivity contribution in [3.05, 3.63) is 87.4 Å². The van der Waals surface area contributed by atoms with Crippen molar-refractivity contribution in [3.63, 3.8) is 0 Å². The van der Waals surface area contributed by atoms with Crippen LogP contribution in [0.25, 0.3) is 0 Å². The first-order valence-corrected chi connectivity index (χ1v) is 9.92. The first-order chi connectivity index (χ1) is 14.1. The van der Waals surface area contributed by atoms with E-state index in [2.05, 4.69) is 5.32 Å². The number of hydrogen-bond acceptors (Lipinski definition) is 4. The molecule has 1 N–H and O–H groups in total. The van der Waals surface area contributed by atoms with E-state index < -0.39 is 0 Å². The van der Waals surface area contributed by atoms with Crippen LogP contribution in [0.2, 0.25) is 10.0 Å². The van der Waals surface area contributed by atoms with Gasteiger partial charge in [0.2, 0.25) is 0 Å². The monoisotopic (exact) mass is 467 g/mol. The molecule has 0 amide bonds. The molecule has 4 nitrogen and oxygen atoms in total. The molecule has 0 aliphatic heterocycles. The Bertz CT molecular complexity index is 929. The molecule has 3 rings (SSSR count). The molecule has 0 saturated carbocycles. The Morgan fingerprint density at radius 2 is 1.40 bits per heavy atom. The summed E-state index contributed by atoms with van der Waals surface area (Å²) in [4.78, 5) is 0. The molecule has 0 fully saturated rings. The van der Waals surface area contributed by atoms with E-state index in [4.69, 9.17) is 37.4 Å². The molecule has 0 unspecified atom stereocenters. The SMILES string of the molecule is COc1ccc(CNCc2ccc(OCc3c(Cl)cccc3Cl)c(OC)c2)cc1.Cl. The normalized spacial score (nSPS) is 10.3. The molecule has 0 spiro atoms. The van der Waals surface area contributed by atoms with Gasteiger partial charge in [-0.05, 0) is 47.5 Å². The van der Waals surface area contributed by atoms with E-state index in [9.17, 15) is 0 Å². The Kier molecular flexibility index (Phi) is 9.60. The number of hydrogen-bond donors (Lipinski definition) is 1. The highest BCUT2D eigenvalue weighted by Crippen LogP contribution is 2.31. The van der Waals surface area contributed by atoms with Gasteiger partial charge in [0.25, 0.3) is 0 Å². The van der Waals surface area contributed by atoms with Crippen LogP contribution in [0.3, 0.4) is 0 Å². The smallest absolute Gasteiger partial charge is 0.161 e. The fourth-order valence-corrected chi connectivity index (χ4v) is 3.36. The van der Waals surface area contributed by atoms with Crippen molar-refractivity contribution in [1.82, 2.24) is 5.32 Å². The third-order valence-corrected chi connectivity index (χ3v) is 5.19. The van der Waals surface area contributed by atoms with Gasteiger partial charge in [-0.3, -0.25) is 0 Å². The average Bonchev–Trinajstić information content (AvgIpc) is 2.74. The van der Waals surface area contributed by atoms with Crippen LogP contribution < -0.4 is 19.5 Å². The number of methoxy groups -OCH3 is 2. The van der Waals surface area contributed by atoms with E-state index in [-0.39, 0.29) is 19.0 Å². The molecule has 0 radical (unpaired) electrons. The average molecular weight is 469 g/mol. The molecule has 30 heavy (non-hydrogen) atoms. The largest absolute Gasteiger partial charge is 0.497 e. The molecular formula is C23H24Cl3NO3. The van der Waals surface area contributed by atoms with Gasteiger partial charge in [-0.25, -0.2) is 0 Å². The van der Waals surface area contributed by atoms with Crippen LogP contribution in [0.15, 0.2) is 60.7 Å². The fraction of sp³-hybridized carbons (Fsp3) is 0.217. The Morgan fingerprint density at radius 1 is 0.767 bits per heavy atom. The minimum absolute atomic E-state index is 0. The van der Waals surface area contributed by atoms with Gasteiger partial charge in [-0.15, -0.1) is 12.4 Å². The van der Waals surface area contributed by atoms with Crippen molar-refractivity contribution < 1.29 is 14.2 Å². The lowest BCUT2D eigenvalue weighted by atomic mass is 10.1. The molecule has 160 valence electrons. The van der Waals surface area contributed by atoms with Crippen LogP contribution in [0.1, 0.15) is 16.7 Å². The van der Waals surface area contributed by atoms with Crippen LogP contribution in [-0.2, 0) is 19.7 Å². The molecule has 3 aromatic rings. The number of rotatable bonds is 9. The van der Waals surface area contributed by atoms with Gasteiger partial charge < -0.3 is 19.5 Å². The third kappa shape index (κ3) is 6.44. The minimum atomic E-state index is 0. The Balaban J connectivity index is 0.00000320. The standard InChI is InChI=1S/C23H23Cl2NO3.ClH/c1-27-18-9-6-16(7-10-18)13-26-14-17-8-11-22(23(12-17)28-2)29-15-19-20(24)4-3-5-21(19)25;/h3-12,26H,13-15H2,1-2H3;1H. The summed E-state index contributed by atoms with van der Waals surface area (Å²) < 4.78 is 16.6. The molecule has 0 bridgehead atoms. The molecule has 0 aliphatic rings. The Morgan fingerprint density at radius 3 is 2.03 bits per heavy atom. The summed E-state index contributed by atoms with van der Waals surface area (Å²) in [6.45, 7) is 1.73. The van der Waals surface area contributed by atoms with Crippen LogP contribution in [0.4, 0.5) is 0 Å². The van der Waals surface area contributed by atoms with Gasteiger partial charge in [-0.1, -0.05) is 47.5 Å². The number of halogens is 3. The van der Waals surface area contributed by atoms with Crippen molar-refractivity contribution in [2.75, 3.05) is 14.2 Å². The maximum Gasteiger partial charge on any atom is 0.161 e. The zero-order valence-corrected chi connectivity index (χ0v) is 19.1. The highest BCUT2D eigenvalue weighted by molar-refractivity contribution is 6.35. The van der Waals surface area contributed by atoms with E-state index in [1.165, 1.54) is 5.56 Å². The van der Waals surface area contributed by atoms with Crippen molar-refractivity contribution in [1.29, 1.82) is 0 Å². The molecule has 0 aliphatic carbocycles. The van der Waals surface area contributed by atoms with E-state index in [1.807, 2.05) is 48.5 Å². The van der Waals surface area contributed by atoms with Gasteiger partial charge in [0, 0.05) is 28.7 Å². The second-order valence-corrected chi connectivity index (χ2v) is 7.24. The minimum Gasteiger partial charge on any atom is -0.497 e. The van der Waals surface area contributed by atoms with E-state index >= 15 is 0 Å². The first-order valence-electron chi connectivity index (χ1n) is 9.17. The van der Waals surface area contributed by atoms with Crippen LogP contribution in [-0.4, -0.2) is 14.2 Å². The lowest BCUT2D eigenvalue weighted by Gasteiger charge is -2.14. The highest BCUT2D eigenvalue weighted by atomic mass is 35.5. The zero-order chi connectivity index (χ0) is 20.6. The summed E-state index contributed by atoms with van der Waals surface area (Å²) in [6, 6.07) is 19.3. The van der Waals surface area contributed by atoms with Crippen molar-refractivity contribution in [2.24, 2.45) is 0 Å². The summed E-state index contributed by atoms with van der Waals surface area (Å²) in [5.41, 5.74) is 3.04. The van der Waals surface area contributed by atoms with Crippen molar-refractivity contribution >= 4 is 35.6 Å².